The Morgan fingerprint density at radius 3 is 2.64 bits per heavy atom. The average Bonchev–Trinajstić information content (AvgIpc) is 2.31. The smallest absolute Gasteiger partial charge is 0.407 e. The standard InChI is InChI=1S/C16H22BrFN2O2/c1-16(2,3)22-15(21)20-13-7-12(8-13)19-9-10-4-5-11(17)6-14(10)18/h4-6,12-13,19H,7-9H2,1-3H3,(H,20,21). The third-order valence-electron chi connectivity index (χ3n) is 3.46. The van der Waals surface area contributed by atoms with Gasteiger partial charge in [0, 0.05) is 28.7 Å². The average molecular weight is 373 g/mol. The number of ether oxygens (including phenoxy) is 1. The van der Waals surface area contributed by atoms with Crippen LogP contribution in [0.25, 0.3) is 0 Å². The number of hydrogen-bond donors (Lipinski definition) is 2. The molecule has 4 nitrogen and oxygen atoms in total. The van der Waals surface area contributed by atoms with Crippen molar-refractivity contribution >= 4 is 22.0 Å². The number of hydrogen-bond acceptors (Lipinski definition) is 3. The first-order chi connectivity index (χ1) is 10.2. The Labute approximate surface area is 138 Å². The molecule has 1 saturated carbocycles. The van der Waals surface area contributed by atoms with E-state index in [4.69, 9.17) is 4.74 Å². The summed E-state index contributed by atoms with van der Waals surface area (Å²) in [6.07, 6.45) is 1.28. The molecule has 0 spiro atoms. The lowest BCUT2D eigenvalue weighted by atomic mass is 9.86. The van der Waals surface area contributed by atoms with Crippen LogP contribution in [0, 0.1) is 5.82 Å². The maximum atomic E-state index is 13.7. The molecule has 1 aromatic carbocycles. The number of carbonyl (C=O) groups is 1. The Bertz CT molecular complexity index is 539. The van der Waals surface area contributed by atoms with Gasteiger partial charge in [-0.25, -0.2) is 9.18 Å². The zero-order valence-corrected chi connectivity index (χ0v) is 14.7. The van der Waals surface area contributed by atoms with Gasteiger partial charge in [0.05, 0.1) is 0 Å². The van der Waals surface area contributed by atoms with Gasteiger partial charge in [0.25, 0.3) is 0 Å². The van der Waals surface area contributed by atoms with Crippen LogP contribution < -0.4 is 10.6 Å². The number of alkyl carbamates (subject to hydrolysis) is 1. The minimum atomic E-state index is -0.482. The van der Waals surface area contributed by atoms with Gasteiger partial charge in [-0.15, -0.1) is 0 Å². The van der Waals surface area contributed by atoms with E-state index in [1.807, 2.05) is 26.8 Å². The zero-order valence-electron chi connectivity index (χ0n) is 13.1. The van der Waals surface area contributed by atoms with Crippen molar-refractivity contribution in [3.63, 3.8) is 0 Å². The molecule has 1 amide bonds. The Balaban J connectivity index is 1.68. The van der Waals surface area contributed by atoms with Crippen LogP contribution in [0.15, 0.2) is 22.7 Å². The second-order valence-electron chi connectivity index (χ2n) is 6.63. The highest BCUT2D eigenvalue weighted by atomic mass is 79.9. The van der Waals surface area contributed by atoms with Gasteiger partial charge in [-0.2, -0.15) is 0 Å². The molecule has 1 aromatic rings. The summed E-state index contributed by atoms with van der Waals surface area (Å²) in [7, 11) is 0. The molecule has 2 rings (SSSR count). The van der Waals surface area contributed by atoms with Crippen LogP contribution in [0.5, 0.6) is 0 Å². The van der Waals surface area contributed by atoms with Crippen molar-refractivity contribution in [2.24, 2.45) is 0 Å². The Kier molecular flexibility index (Phi) is 5.45. The molecule has 22 heavy (non-hydrogen) atoms. The fourth-order valence-electron chi connectivity index (χ4n) is 2.30. The molecule has 0 atom stereocenters. The van der Waals surface area contributed by atoms with Crippen LogP contribution >= 0.6 is 15.9 Å². The first-order valence-electron chi connectivity index (χ1n) is 7.40. The first kappa shape index (κ1) is 17.2. The van der Waals surface area contributed by atoms with Crippen LogP contribution in [0.1, 0.15) is 39.2 Å². The van der Waals surface area contributed by atoms with Crippen molar-refractivity contribution < 1.29 is 13.9 Å². The van der Waals surface area contributed by atoms with Crippen LogP contribution in [0.3, 0.4) is 0 Å². The van der Waals surface area contributed by atoms with Gasteiger partial charge in [-0.05, 0) is 45.7 Å². The minimum absolute atomic E-state index is 0.127. The van der Waals surface area contributed by atoms with Crippen molar-refractivity contribution in [1.82, 2.24) is 10.6 Å². The molecule has 0 saturated heterocycles. The van der Waals surface area contributed by atoms with Gasteiger partial charge in [-0.1, -0.05) is 22.0 Å². The molecule has 0 unspecified atom stereocenters. The highest BCUT2D eigenvalue weighted by molar-refractivity contribution is 9.10. The molecule has 1 fully saturated rings. The van der Waals surface area contributed by atoms with E-state index in [0.717, 1.165) is 17.3 Å². The van der Waals surface area contributed by atoms with E-state index in [2.05, 4.69) is 26.6 Å². The quantitative estimate of drug-likeness (QED) is 0.846. The number of nitrogens with one attached hydrogen (secondary N) is 2. The highest BCUT2D eigenvalue weighted by Crippen LogP contribution is 2.22. The first-order valence-corrected chi connectivity index (χ1v) is 8.19. The Morgan fingerprint density at radius 1 is 1.36 bits per heavy atom. The fourth-order valence-corrected chi connectivity index (χ4v) is 2.63. The molecule has 0 heterocycles. The third kappa shape index (κ3) is 5.25. The van der Waals surface area contributed by atoms with Gasteiger partial charge >= 0.3 is 6.09 Å². The van der Waals surface area contributed by atoms with Crippen LogP contribution in [0.4, 0.5) is 9.18 Å². The second-order valence-corrected chi connectivity index (χ2v) is 7.54. The molecular formula is C16H22BrFN2O2. The predicted octanol–water partition coefficient (Wildman–Crippen LogP) is 3.73. The number of carbonyl (C=O) groups excluding carboxylic acids is 1. The van der Waals surface area contributed by atoms with E-state index >= 15 is 0 Å². The summed E-state index contributed by atoms with van der Waals surface area (Å²) in [5, 5.41) is 6.14. The van der Waals surface area contributed by atoms with Gasteiger partial charge in [0.1, 0.15) is 11.4 Å². The molecule has 1 aliphatic carbocycles. The lowest BCUT2D eigenvalue weighted by molar-refractivity contribution is 0.0465. The lowest BCUT2D eigenvalue weighted by Gasteiger charge is -2.36. The predicted molar refractivity (Wildman–Crippen MR) is 87.1 cm³/mol. The maximum absolute atomic E-state index is 13.7. The van der Waals surface area contributed by atoms with Gasteiger partial charge in [-0.3, -0.25) is 0 Å². The van der Waals surface area contributed by atoms with Crippen molar-refractivity contribution in [2.45, 2.75) is 57.8 Å². The van der Waals surface area contributed by atoms with Crippen molar-refractivity contribution in [3.05, 3.63) is 34.1 Å². The summed E-state index contributed by atoms with van der Waals surface area (Å²) < 4.78 is 19.6. The summed E-state index contributed by atoms with van der Waals surface area (Å²) in [6.45, 7) is 6.00. The van der Waals surface area contributed by atoms with Gasteiger partial charge in [0.2, 0.25) is 0 Å². The van der Waals surface area contributed by atoms with E-state index < -0.39 is 5.60 Å². The SMILES string of the molecule is CC(C)(C)OC(=O)NC1CC(NCc2ccc(Br)cc2F)C1. The normalized spacial score (nSPS) is 21.1. The third-order valence-corrected chi connectivity index (χ3v) is 3.95. The van der Waals surface area contributed by atoms with E-state index in [0.29, 0.717) is 18.2 Å². The summed E-state index contributed by atoms with van der Waals surface area (Å²) in [6, 6.07) is 5.48. The van der Waals surface area contributed by atoms with Crippen LogP contribution in [0.2, 0.25) is 0 Å². The van der Waals surface area contributed by atoms with Crippen LogP contribution in [-0.2, 0) is 11.3 Å². The van der Waals surface area contributed by atoms with E-state index in [9.17, 15) is 9.18 Å². The topological polar surface area (TPSA) is 50.4 Å². The number of halogens is 2. The molecule has 0 radical (unpaired) electrons. The summed E-state index contributed by atoms with van der Waals surface area (Å²) in [4.78, 5) is 11.6. The summed E-state index contributed by atoms with van der Waals surface area (Å²) in [5.41, 5.74) is 0.164. The van der Waals surface area contributed by atoms with E-state index in [1.54, 1.807) is 6.07 Å². The monoisotopic (exact) mass is 372 g/mol. The fraction of sp³-hybridized carbons (Fsp3) is 0.562. The number of amides is 1. The molecule has 1 aliphatic rings. The summed E-state index contributed by atoms with van der Waals surface area (Å²) in [5.74, 6) is -0.218. The van der Waals surface area contributed by atoms with Crippen molar-refractivity contribution in [3.8, 4) is 0 Å². The minimum Gasteiger partial charge on any atom is -0.444 e. The van der Waals surface area contributed by atoms with Gasteiger partial charge < -0.3 is 15.4 Å². The zero-order chi connectivity index (χ0) is 16.3. The molecule has 122 valence electrons. The molecule has 2 N–H and O–H groups in total. The molecule has 0 bridgehead atoms. The molecular weight excluding hydrogens is 351 g/mol. The van der Waals surface area contributed by atoms with Crippen LogP contribution in [-0.4, -0.2) is 23.8 Å². The number of rotatable bonds is 4. The molecule has 6 heteroatoms. The lowest BCUT2D eigenvalue weighted by Crippen LogP contribution is -2.53. The highest BCUT2D eigenvalue weighted by Gasteiger charge is 2.31. The molecule has 0 aromatic heterocycles. The van der Waals surface area contributed by atoms with Gasteiger partial charge in [0.15, 0.2) is 0 Å². The van der Waals surface area contributed by atoms with E-state index in [-0.39, 0.29) is 18.0 Å². The number of benzene rings is 1. The largest absolute Gasteiger partial charge is 0.444 e. The maximum Gasteiger partial charge on any atom is 0.407 e. The van der Waals surface area contributed by atoms with Crippen molar-refractivity contribution in [2.75, 3.05) is 0 Å². The summed E-state index contributed by atoms with van der Waals surface area (Å²) >= 11 is 3.24. The molecule has 0 aliphatic heterocycles. The Hall–Kier alpha value is -1.14. The van der Waals surface area contributed by atoms with E-state index in [1.165, 1.54) is 6.07 Å². The van der Waals surface area contributed by atoms with Crippen molar-refractivity contribution in [1.29, 1.82) is 0 Å². The second kappa shape index (κ2) is 6.96. The Morgan fingerprint density at radius 2 is 2.05 bits per heavy atom.